The second kappa shape index (κ2) is 12.8. The number of hydrogen-bond acceptors (Lipinski definition) is 6. The van der Waals surface area contributed by atoms with Crippen molar-refractivity contribution in [3.63, 3.8) is 0 Å². The van der Waals surface area contributed by atoms with Crippen LogP contribution in [0.1, 0.15) is 17.5 Å². The van der Waals surface area contributed by atoms with Gasteiger partial charge in [-0.3, -0.25) is 9.59 Å². The fraction of sp³-hybridized carbons (Fsp3) is 0.160. The van der Waals surface area contributed by atoms with Crippen molar-refractivity contribution in [3.05, 3.63) is 81.3 Å². The molecule has 0 saturated carbocycles. The average Bonchev–Trinajstić information content (AvgIpc) is 2.84. The van der Waals surface area contributed by atoms with Crippen LogP contribution in [0.5, 0.6) is 17.2 Å². The third-order valence-corrected chi connectivity index (χ3v) is 5.47. The molecule has 0 radical (unpaired) electrons. The summed E-state index contributed by atoms with van der Waals surface area (Å²) in [6.45, 7) is 0.327. The topological polar surface area (TPSA) is 98.2 Å². The number of ether oxygens (including phenoxy) is 3. The van der Waals surface area contributed by atoms with Crippen LogP contribution in [0.4, 0.5) is 5.69 Å². The molecule has 8 nitrogen and oxygen atoms in total. The molecule has 35 heavy (non-hydrogen) atoms. The van der Waals surface area contributed by atoms with Crippen LogP contribution in [0.15, 0.2) is 70.2 Å². The Labute approximate surface area is 216 Å². The highest BCUT2D eigenvalue weighted by Crippen LogP contribution is 2.37. The van der Waals surface area contributed by atoms with Crippen molar-refractivity contribution in [2.45, 2.75) is 13.0 Å². The predicted octanol–water partition coefficient (Wildman–Crippen LogP) is 5.18. The quantitative estimate of drug-likeness (QED) is 0.202. The van der Waals surface area contributed by atoms with E-state index in [-0.39, 0.29) is 6.42 Å². The number of amides is 2. The van der Waals surface area contributed by atoms with E-state index in [4.69, 9.17) is 25.8 Å². The summed E-state index contributed by atoms with van der Waals surface area (Å²) in [5.41, 5.74) is 4.47. The largest absolute Gasteiger partial charge is 0.497 e. The van der Waals surface area contributed by atoms with E-state index in [2.05, 4.69) is 31.8 Å². The van der Waals surface area contributed by atoms with Crippen molar-refractivity contribution in [3.8, 4) is 17.2 Å². The maximum absolute atomic E-state index is 12.1. The maximum Gasteiger partial charge on any atom is 0.249 e. The highest BCUT2D eigenvalue weighted by Gasteiger charge is 2.12. The smallest absolute Gasteiger partial charge is 0.249 e. The summed E-state index contributed by atoms with van der Waals surface area (Å²) in [4.78, 5) is 24.2. The van der Waals surface area contributed by atoms with Crippen LogP contribution >= 0.6 is 27.5 Å². The predicted molar refractivity (Wildman–Crippen MR) is 138 cm³/mol. The molecule has 0 heterocycles. The fourth-order valence-corrected chi connectivity index (χ4v) is 3.66. The first-order chi connectivity index (χ1) is 16.9. The molecule has 0 fully saturated rings. The molecule has 0 saturated heterocycles. The van der Waals surface area contributed by atoms with Crippen molar-refractivity contribution in [2.24, 2.45) is 5.10 Å². The SMILES string of the molecule is COc1cccc(NC(=O)CC(=O)NN=Cc2cc(Br)c(OCc3ccc(Cl)cc3)c(OC)c2)c1. The Balaban J connectivity index is 1.55. The molecule has 0 spiro atoms. The van der Waals surface area contributed by atoms with E-state index in [9.17, 15) is 9.59 Å². The lowest BCUT2D eigenvalue weighted by Crippen LogP contribution is -2.24. The number of nitrogens with one attached hydrogen (secondary N) is 2. The van der Waals surface area contributed by atoms with Crippen molar-refractivity contribution < 1.29 is 23.8 Å². The Morgan fingerprint density at radius 3 is 2.51 bits per heavy atom. The highest BCUT2D eigenvalue weighted by molar-refractivity contribution is 9.10. The third kappa shape index (κ3) is 8.01. The minimum absolute atomic E-state index is 0.327. The summed E-state index contributed by atoms with van der Waals surface area (Å²) < 4.78 is 17.1. The molecular weight excluding hydrogens is 538 g/mol. The van der Waals surface area contributed by atoms with Gasteiger partial charge in [-0.05, 0) is 63.5 Å². The zero-order chi connectivity index (χ0) is 25.2. The van der Waals surface area contributed by atoms with E-state index in [1.54, 1.807) is 48.5 Å². The van der Waals surface area contributed by atoms with E-state index < -0.39 is 11.8 Å². The molecule has 0 aliphatic rings. The van der Waals surface area contributed by atoms with Crippen LogP contribution in [-0.4, -0.2) is 32.2 Å². The zero-order valence-corrected chi connectivity index (χ0v) is 21.4. The summed E-state index contributed by atoms with van der Waals surface area (Å²) in [6.07, 6.45) is 1.05. The molecule has 0 bridgehead atoms. The minimum Gasteiger partial charge on any atom is -0.497 e. The molecule has 3 rings (SSSR count). The summed E-state index contributed by atoms with van der Waals surface area (Å²) in [7, 11) is 3.06. The van der Waals surface area contributed by atoms with E-state index in [1.165, 1.54) is 20.4 Å². The third-order valence-electron chi connectivity index (χ3n) is 4.63. The molecule has 2 amide bonds. The van der Waals surface area contributed by atoms with Crippen LogP contribution in [0.25, 0.3) is 0 Å². The fourth-order valence-electron chi connectivity index (χ4n) is 2.96. The van der Waals surface area contributed by atoms with Gasteiger partial charge in [-0.2, -0.15) is 5.10 Å². The van der Waals surface area contributed by atoms with E-state index >= 15 is 0 Å². The van der Waals surface area contributed by atoms with Crippen LogP contribution in [0.3, 0.4) is 0 Å². The zero-order valence-electron chi connectivity index (χ0n) is 19.0. The van der Waals surface area contributed by atoms with Gasteiger partial charge in [-0.1, -0.05) is 29.8 Å². The monoisotopic (exact) mass is 559 g/mol. The van der Waals surface area contributed by atoms with Gasteiger partial charge in [0.1, 0.15) is 18.8 Å². The number of carbonyl (C=O) groups excluding carboxylic acids is 2. The van der Waals surface area contributed by atoms with E-state index in [0.29, 0.717) is 44.6 Å². The lowest BCUT2D eigenvalue weighted by Gasteiger charge is -2.13. The van der Waals surface area contributed by atoms with Gasteiger partial charge >= 0.3 is 0 Å². The molecule has 2 N–H and O–H groups in total. The molecule has 0 aliphatic carbocycles. The first-order valence-corrected chi connectivity index (χ1v) is 11.6. The Morgan fingerprint density at radius 2 is 1.80 bits per heavy atom. The molecule has 182 valence electrons. The van der Waals surface area contributed by atoms with Crippen molar-refractivity contribution >= 4 is 51.2 Å². The second-order valence-corrected chi connectivity index (χ2v) is 8.49. The molecule has 0 unspecified atom stereocenters. The second-order valence-electron chi connectivity index (χ2n) is 7.20. The van der Waals surface area contributed by atoms with Gasteiger partial charge in [0, 0.05) is 16.8 Å². The number of halogens is 2. The minimum atomic E-state index is -0.560. The first-order valence-electron chi connectivity index (χ1n) is 10.4. The summed E-state index contributed by atoms with van der Waals surface area (Å²) >= 11 is 9.40. The van der Waals surface area contributed by atoms with Crippen molar-refractivity contribution in [1.29, 1.82) is 0 Å². The normalized spacial score (nSPS) is 10.6. The highest BCUT2D eigenvalue weighted by atomic mass is 79.9. The van der Waals surface area contributed by atoms with Crippen LogP contribution in [0, 0.1) is 0 Å². The van der Waals surface area contributed by atoms with E-state index in [0.717, 1.165) is 5.56 Å². The Kier molecular flexibility index (Phi) is 9.51. The van der Waals surface area contributed by atoms with Gasteiger partial charge in [0.25, 0.3) is 0 Å². The number of rotatable bonds is 10. The Hall–Kier alpha value is -3.56. The van der Waals surface area contributed by atoms with Crippen molar-refractivity contribution in [1.82, 2.24) is 5.43 Å². The average molecular weight is 561 g/mol. The van der Waals surface area contributed by atoms with Gasteiger partial charge in [-0.25, -0.2) is 5.43 Å². The standard InChI is InChI=1S/C25H23BrClN3O5/c1-33-20-5-3-4-19(12-20)29-23(31)13-24(32)30-28-14-17-10-21(26)25(22(11-17)34-2)35-15-16-6-8-18(27)9-7-16/h3-12,14H,13,15H2,1-2H3,(H,29,31)(H,30,32). The summed E-state index contributed by atoms with van der Waals surface area (Å²) in [5, 5.41) is 7.21. The van der Waals surface area contributed by atoms with Crippen LogP contribution < -0.4 is 25.0 Å². The lowest BCUT2D eigenvalue weighted by atomic mass is 10.2. The molecule has 10 heteroatoms. The van der Waals surface area contributed by atoms with Gasteiger partial charge in [0.15, 0.2) is 11.5 Å². The van der Waals surface area contributed by atoms with Crippen LogP contribution in [-0.2, 0) is 16.2 Å². The molecule has 3 aromatic rings. The number of hydrogen-bond donors (Lipinski definition) is 2. The maximum atomic E-state index is 12.1. The number of methoxy groups -OCH3 is 2. The van der Waals surface area contributed by atoms with Gasteiger partial charge in [-0.15, -0.1) is 0 Å². The molecular formula is C25H23BrClN3O5. The van der Waals surface area contributed by atoms with Gasteiger partial charge in [0.2, 0.25) is 11.8 Å². The lowest BCUT2D eigenvalue weighted by molar-refractivity contribution is -0.126. The summed E-state index contributed by atoms with van der Waals surface area (Å²) in [5.74, 6) is 0.574. The number of nitrogens with zero attached hydrogens (tertiary/aromatic N) is 1. The molecule has 0 aliphatic heterocycles. The van der Waals surface area contributed by atoms with E-state index in [1.807, 2.05) is 12.1 Å². The number of benzene rings is 3. The number of anilines is 1. The van der Waals surface area contributed by atoms with Gasteiger partial charge in [0.05, 0.1) is 24.9 Å². The Morgan fingerprint density at radius 1 is 1.03 bits per heavy atom. The molecule has 0 aromatic heterocycles. The van der Waals surface area contributed by atoms with Gasteiger partial charge < -0.3 is 19.5 Å². The van der Waals surface area contributed by atoms with Crippen LogP contribution in [0.2, 0.25) is 5.02 Å². The first kappa shape index (κ1) is 26.1. The van der Waals surface area contributed by atoms with Crippen molar-refractivity contribution in [2.75, 3.05) is 19.5 Å². The summed E-state index contributed by atoms with van der Waals surface area (Å²) in [6, 6.07) is 17.7. The molecule has 3 aromatic carbocycles. The number of hydrazone groups is 1. The molecule has 0 atom stereocenters. The Bertz CT molecular complexity index is 1220. The number of carbonyl (C=O) groups is 2.